The van der Waals surface area contributed by atoms with Gasteiger partial charge in [-0.15, -0.1) is 0 Å². The van der Waals surface area contributed by atoms with Crippen LogP contribution in [0.4, 0.5) is 11.6 Å². The highest BCUT2D eigenvalue weighted by atomic mass is 35.5. The molecule has 10 heteroatoms. The molecule has 3 rings (SSSR count). The zero-order chi connectivity index (χ0) is 22.8. The summed E-state index contributed by atoms with van der Waals surface area (Å²) in [5, 5.41) is 12.5. The first-order chi connectivity index (χ1) is 15.5. The van der Waals surface area contributed by atoms with Gasteiger partial charge in [-0.1, -0.05) is 17.7 Å². The number of hydrogen-bond donors (Lipinski definition) is 4. The standard InChI is InChI=1S/C22H24ClN7O2/c1-15(31)24-10-11-26-19-14-20(30-21(29-19)16-5-7-17(23)8-6-16)27-12-13-28-22(32)18-4-2-3-9-25-18/h2-9,14H,10-13H2,1H3,(H,24,31)(H,28,32)(H2,26,27,29,30). The maximum atomic E-state index is 12.1. The highest BCUT2D eigenvalue weighted by Crippen LogP contribution is 2.22. The van der Waals surface area contributed by atoms with Crippen molar-refractivity contribution in [1.29, 1.82) is 0 Å². The van der Waals surface area contributed by atoms with Crippen molar-refractivity contribution in [2.45, 2.75) is 6.92 Å². The van der Waals surface area contributed by atoms with Gasteiger partial charge in [-0.25, -0.2) is 9.97 Å². The molecule has 4 N–H and O–H groups in total. The van der Waals surface area contributed by atoms with Crippen LogP contribution < -0.4 is 21.3 Å². The molecule has 0 atom stereocenters. The second-order valence-corrected chi connectivity index (χ2v) is 7.21. The van der Waals surface area contributed by atoms with Crippen molar-refractivity contribution in [3.8, 4) is 11.4 Å². The van der Waals surface area contributed by atoms with E-state index in [1.54, 1.807) is 42.6 Å². The number of nitrogens with one attached hydrogen (secondary N) is 4. The van der Waals surface area contributed by atoms with Crippen LogP contribution in [0, 0.1) is 0 Å². The minimum absolute atomic E-state index is 0.0913. The largest absolute Gasteiger partial charge is 0.368 e. The summed E-state index contributed by atoms with van der Waals surface area (Å²) in [5.74, 6) is 1.39. The first kappa shape index (κ1) is 23.0. The number of rotatable bonds is 10. The number of anilines is 2. The van der Waals surface area contributed by atoms with Gasteiger partial charge in [0.05, 0.1) is 0 Å². The van der Waals surface area contributed by atoms with Crippen molar-refractivity contribution in [3.63, 3.8) is 0 Å². The Kier molecular flexibility index (Phi) is 8.33. The molecule has 1 aromatic carbocycles. The fraction of sp³-hybridized carbons (Fsp3) is 0.227. The average molecular weight is 454 g/mol. The third kappa shape index (κ3) is 7.21. The summed E-state index contributed by atoms with van der Waals surface area (Å²) in [6, 6.07) is 14.2. The first-order valence-corrected chi connectivity index (χ1v) is 10.5. The second kappa shape index (κ2) is 11.6. The summed E-state index contributed by atoms with van der Waals surface area (Å²) in [5.41, 5.74) is 1.18. The fourth-order valence-corrected chi connectivity index (χ4v) is 2.87. The molecule has 32 heavy (non-hydrogen) atoms. The molecule has 0 unspecified atom stereocenters. The number of carbonyl (C=O) groups is 2. The molecule has 0 aliphatic heterocycles. The highest BCUT2D eigenvalue weighted by Gasteiger charge is 2.08. The van der Waals surface area contributed by atoms with Gasteiger partial charge in [0.25, 0.3) is 5.91 Å². The highest BCUT2D eigenvalue weighted by molar-refractivity contribution is 6.30. The van der Waals surface area contributed by atoms with E-state index in [-0.39, 0.29) is 11.8 Å². The van der Waals surface area contributed by atoms with Crippen LogP contribution in [-0.2, 0) is 4.79 Å². The molecule has 0 fully saturated rings. The molecule has 0 aliphatic carbocycles. The average Bonchev–Trinajstić information content (AvgIpc) is 2.80. The Bertz CT molecular complexity index is 1050. The van der Waals surface area contributed by atoms with Gasteiger partial charge in [0.2, 0.25) is 5.91 Å². The Morgan fingerprint density at radius 3 is 2.12 bits per heavy atom. The molecule has 0 bridgehead atoms. The Morgan fingerprint density at radius 2 is 1.53 bits per heavy atom. The molecule has 9 nitrogen and oxygen atoms in total. The molecular formula is C22H24ClN7O2. The molecular weight excluding hydrogens is 430 g/mol. The maximum absolute atomic E-state index is 12.1. The minimum Gasteiger partial charge on any atom is -0.368 e. The third-order valence-corrected chi connectivity index (χ3v) is 4.50. The number of hydrogen-bond acceptors (Lipinski definition) is 7. The smallest absolute Gasteiger partial charge is 0.269 e. The van der Waals surface area contributed by atoms with Crippen molar-refractivity contribution in [3.05, 3.63) is 65.4 Å². The zero-order valence-electron chi connectivity index (χ0n) is 17.6. The van der Waals surface area contributed by atoms with E-state index in [2.05, 4.69) is 36.2 Å². The molecule has 2 aromatic heterocycles. The molecule has 0 spiro atoms. The SMILES string of the molecule is CC(=O)NCCNc1cc(NCCNC(=O)c2ccccn2)nc(-c2ccc(Cl)cc2)n1. The van der Waals surface area contributed by atoms with Gasteiger partial charge >= 0.3 is 0 Å². The molecule has 2 amide bonds. The number of benzene rings is 1. The van der Waals surface area contributed by atoms with Crippen molar-refractivity contribution in [2.24, 2.45) is 0 Å². The normalized spacial score (nSPS) is 10.3. The number of amides is 2. The van der Waals surface area contributed by atoms with E-state index in [4.69, 9.17) is 11.6 Å². The number of nitrogens with zero attached hydrogens (tertiary/aromatic N) is 3. The number of pyridine rings is 1. The van der Waals surface area contributed by atoms with Crippen LogP contribution in [0.15, 0.2) is 54.7 Å². The summed E-state index contributed by atoms with van der Waals surface area (Å²) in [7, 11) is 0. The lowest BCUT2D eigenvalue weighted by atomic mass is 10.2. The van der Waals surface area contributed by atoms with E-state index in [9.17, 15) is 9.59 Å². The van der Waals surface area contributed by atoms with E-state index in [1.165, 1.54) is 6.92 Å². The fourth-order valence-electron chi connectivity index (χ4n) is 2.74. The lowest BCUT2D eigenvalue weighted by Crippen LogP contribution is -2.29. The van der Waals surface area contributed by atoms with E-state index in [0.717, 1.165) is 5.56 Å². The third-order valence-electron chi connectivity index (χ3n) is 4.25. The van der Waals surface area contributed by atoms with Gasteiger partial charge in [-0.2, -0.15) is 0 Å². The van der Waals surface area contributed by atoms with E-state index in [1.807, 2.05) is 12.1 Å². The Morgan fingerprint density at radius 1 is 0.875 bits per heavy atom. The zero-order valence-corrected chi connectivity index (χ0v) is 18.3. The van der Waals surface area contributed by atoms with Crippen molar-refractivity contribution in [2.75, 3.05) is 36.8 Å². The molecule has 2 heterocycles. The Hall–Kier alpha value is -3.72. The van der Waals surface area contributed by atoms with Crippen molar-refractivity contribution >= 4 is 35.1 Å². The van der Waals surface area contributed by atoms with Gasteiger partial charge in [0.1, 0.15) is 17.3 Å². The van der Waals surface area contributed by atoms with Gasteiger partial charge < -0.3 is 21.3 Å². The lowest BCUT2D eigenvalue weighted by molar-refractivity contribution is -0.118. The predicted molar refractivity (Wildman–Crippen MR) is 125 cm³/mol. The van der Waals surface area contributed by atoms with Crippen LogP contribution in [0.25, 0.3) is 11.4 Å². The summed E-state index contributed by atoms with van der Waals surface area (Å²) >= 11 is 5.99. The Balaban J connectivity index is 1.64. The predicted octanol–water partition coefficient (Wildman–Crippen LogP) is 2.58. The molecule has 166 valence electrons. The molecule has 0 aliphatic rings. The quantitative estimate of drug-likeness (QED) is 0.348. The number of aromatic nitrogens is 3. The molecule has 0 saturated heterocycles. The molecule has 3 aromatic rings. The minimum atomic E-state index is -0.239. The summed E-state index contributed by atoms with van der Waals surface area (Å²) in [6.07, 6.45) is 1.58. The van der Waals surface area contributed by atoms with Crippen LogP contribution in [0.2, 0.25) is 5.02 Å². The van der Waals surface area contributed by atoms with Gasteiger partial charge in [0.15, 0.2) is 5.82 Å². The number of carbonyl (C=O) groups excluding carboxylic acids is 2. The van der Waals surface area contributed by atoms with E-state index >= 15 is 0 Å². The van der Waals surface area contributed by atoms with E-state index < -0.39 is 0 Å². The second-order valence-electron chi connectivity index (χ2n) is 6.78. The van der Waals surface area contributed by atoms with Crippen molar-refractivity contribution in [1.82, 2.24) is 25.6 Å². The van der Waals surface area contributed by atoms with E-state index in [0.29, 0.717) is 54.4 Å². The molecule has 0 saturated carbocycles. The monoisotopic (exact) mass is 453 g/mol. The topological polar surface area (TPSA) is 121 Å². The summed E-state index contributed by atoms with van der Waals surface area (Å²) in [6.45, 7) is 3.30. The maximum Gasteiger partial charge on any atom is 0.269 e. The lowest BCUT2D eigenvalue weighted by Gasteiger charge is -2.12. The summed E-state index contributed by atoms with van der Waals surface area (Å²) in [4.78, 5) is 36.3. The van der Waals surface area contributed by atoms with Crippen LogP contribution in [-0.4, -0.2) is 52.9 Å². The van der Waals surface area contributed by atoms with Crippen LogP contribution in [0.5, 0.6) is 0 Å². The Labute approximate surface area is 191 Å². The van der Waals surface area contributed by atoms with Crippen molar-refractivity contribution < 1.29 is 9.59 Å². The first-order valence-electron chi connectivity index (χ1n) is 10.1. The van der Waals surface area contributed by atoms with Crippen LogP contribution in [0.3, 0.4) is 0 Å². The summed E-state index contributed by atoms with van der Waals surface area (Å²) < 4.78 is 0. The van der Waals surface area contributed by atoms with Gasteiger partial charge in [-0.05, 0) is 36.4 Å². The molecule has 0 radical (unpaired) electrons. The van der Waals surface area contributed by atoms with Gasteiger partial charge in [0, 0.05) is 56.0 Å². The van der Waals surface area contributed by atoms with Gasteiger partial charge in [-0.3, -0.25) is 14.6 Å². The number of halogens is 1. The van der Waals surface area contributed by atoms with Crippen LogP contribution >= 0.6 is 11.6 Å². The van der Waals surface area contributed by atoms with Crippen LogP contribution in [0.1, 0.15) is 17.4 Å².